The van der Waals surface area contributed by atoms with Gasteiger partial charge in [-0.3, -0.25) is 13.9 Å². The van der Waals surface area contributed by atoms with Gasteiger partial charge >= 0.3 is 0 Å². The largest absolute Gasteiger partial charge is 0.354 e. The summed E-state index contributed by atoms with van der Waals surface area (Å²) in [6.07, 6.45) is 0.277. The summed E-state index contributed by atoms with van der Waals surface area (Å²) in [5, 5.41) is 3.01. The number of benzene rings is 4. The van der Waals surface area contributed by atoms with Crippen molar-refractivity contribution in [1.82, 2.24) is 10.2 Å². The van der Waals surface area contributed by atoms with Crippen molar-refractivity contribution in [3.63, 3.8) is 0 Å². The lowest BCUT2D eigenvalue weighted by Crippen LogP contribution is -2.53. The van der Waals surface area contributed by atoms with Crippen LogP contribution in [0.3, 0.4) is 0 Å². The van der Waals surface area contributed by atoms with E-state index in [0.717, 1.165) is 21.0 Å². The number of rotatable bonds is 13. The molecule has 1 atom stereocenters. The van der Waals surface area contributed by atoms with E-state index in [-0.39, 0.29) is 29.7 Å². The van der Waals surface area contributed by atoms with Crippen molar-refractivity contribution < 1.29 is 18.0 Å². The summed E-state index contributed by atoms with van der Waals surface area (Å²) in [7, 11) is -4.11. The van der Waals surface area contributed by atoms with Crippen LogP contribution in [-0.4, -0.2) is 44.3 Å². The van der Waals surface area contributed by atoms with Crippen LogP contribution in [0.25, 0.3) is 0 Å². The highest BCUT2D eigenvalue weighted by Crippen LogP contribution is 2.25. The van der Waals surface area contributed by atoms with Crippen LogP contribution in [0, 0.1) is 12.8 Å². The molecule has 0 aromatic heterocycles. The van der Waals surface area contributed by atoms with E-state index in [4.69, 9.17) is 0 Å². The molecule has 0 spiro atoms. The predicted molar refractivity (Wildman–Crippen MR) is 171 cm³/mol. The Kier molecular flexibility index (Phi) is 10.7. The molecule has 7 nitrogen and oxygen atoms in total. The molecule has 4 aromatic rings. The zero-order chi connectivity index (χ0) is 30.8. The van der Waals surface area contributed by atoms with E-state index in [1.807, 2.05) is 81.4 Å². The van der Waals surface area contributed by atoms with Gasteiger partial charge in [0, 0.05) is 19.5 Å². The number of carbonyl (C=O) groups is 2. The molecule has 0 aliphatic rings. The molecule has 43 heavy (non-hydrogen) atoms. The molecule has 4 aromatic carbocycles. The second-order valence-corrected chi connectivity index (χ2v) is 12.9. The van der Waals surface area contributed by atoms with E-state index >= 15 is 0 Å². The second kappa shape index (κ2) is 14.6. The Morgan fingerprint density at radius 1 is 0.744 bits per heavy atom. The third-order valence-corrected chi connectivity index (χ3v) is 8.87. The molecule has 1 unspecified atom stereocenters. The number of amides is 2. The molecule has 0 radical (unpaired) electrons. The third kappa shape index (κ3) is 8.55. The van der Waals surface area contributed by atoms with E-state index in [1.165, 1.54) is 4.90 Å². The quantitative estimate of drug-likeness (QED) is 0.217. The Bertz CT molecular complexity index is 1580. The lowest BCUT2D eigenvalue weighted by molar-refractivity contribution is -0.140. The number of aryl methyl sites for hydroxylation is 1. The van der Waals surface area contributed by atoms with Gasteiger partial charge in [-0.25, -0.2) is 8.42 Å². The first-order chi connectivity index (χ1) is 20.6. The van der Waals surface area contributed by atoms with Gasteiger partial charge in [0.25, 0.3) is 10.0 Å². The van der Waals surface area contributed by atoms with Gasteiger partial charge in [0.05, 0.1) is 10.6 Å². The van der Waals surface area contributed by atoms with E-state index < -0.39 is 28.5 Å². The fraction of sp³-hybridized carbons (Fsp3) is 0.257. The van der Waals surface area contributed by atoms with Crippen molar-refractivity contribution in [2.24, 2.45) is 5.92 Å². The molecule has 0 aliphatic carbocycles. The number of anilines is 1. The number of para-hydroxylation sites is 1. The first-order valence-corrected chi connectivity index (χ1v) is 15.9. The van der Waals surface area contributed by atoms with Crippen LogP contribution in [0.15, 0.2) is 120 Å². The molecular weight excluding hydrogens is 558 g/mol. The number of hydrogen-bond donors (Lipinski definition) is 1. The van der Waals surface area contributed by atoms with E-state index in [0.29, 0.717) is 12.2 Å². The van der Waals surface area contributed by atoms with Crippen molar-refractivity contribution in [2.45, 2.75) is 44.7 Å². The van der Waals surface area contributed by atoms with Crippen LogP contribution in [-0.2, 0) is 32.6 Å². The van der Waals surface area contributed by atoms with Crippen LogP contribution in [0.5, 0.6) is 0 Å². The highest BCUT2D eigenvalue weighted by molar-refractivity contribution is 7.92. The lowest BCUT2D eigenvalue weighted by atomic mass is 10.0. The molecule has 8 heteroatoms. The fourth-order valence-corrected chi connectivity index (χ4v) is 6.13. The van der Waals surface area contributed by atoms with Crippen molar-refractivity contribution >= 4 is 27.5 Å². The minimum absolute atomic E-state index is 0.0832. The topological polar surface area (TPSA) is 86.8 Å². The fourth-order valence-electron chi connectivity index (χ4n) is 4.72. The third-order valence-electron chi connectivity index (χ3n) is 7.08. The summed E-state index contributed by atoms with van der Waals surface area (Å²) in [5.74, 6) is -0.550. The van der Waals surface area contributed by atoms with Crippen LogP contribution >= 0.6 is 0 Å². The van der Waals surface area contributed by atoms with Crippen LogP contribution in [0.2, 0.25) is 0 Å². The molecular formula is C35H39N3O4S. The summed E-state index contributed by atoms with van der Waals surface area (Å²) in [4.78, 5) is 29.7. The Hall–Kier alpha value is -4.43. The Labute approximate surface area is 255 Å². The SMILES string of the molecule is Cc1ccc(S(=O)(=O)N(CC(=O)N(Cc2ccccc2)C(Cc2ccccc2)C(=O)NCC(C)C)c2ccccc2)cc1. The van der Waals surface area contributed by atoms with Crippen molar-refractivity contribution in [3.05, 3.63) is 132 Å². The molecule has 4 rings (SSSR count). The van der Waals surface area contributed by atoms with Crippen molar-refractivity contribution in [1.29, 1.82) is 0 Å². The standard InChI is InChI=1S/C35H39N3O4S/c1-27(2)24-36-35(40)33(23-29-13-7-4-8-14-29)37(25-30-15-9-5-10-16-30)34(39)26-38(31-17-11-6-12-18-31)43(41,42)32-21-19-28(3)20-22-32/h4-22,27,33H,23-26H2,1-3H3,(H,36,40). The Morgan fingerprint density at radius 2 is 1.28 bits per heavy atom. The normalized spacial score (nSPS) is 12.0. The number of nitrogens with zero attached hydrogens (tertiary/aromatic N) is 2. The first-order valence-electron chi connectivity index (χ1n) is 14.4. The summed E-state index contributed by atoms with van der Waals surface area (Å²) in [6, 6.07) is 33.2. The first kappa shape index (κ1) is 31.5. The molecule has 0 aliphatic heterocycles. The average Bonchev–Trinajstić information content (AvgIpc) is 3.01. The number of sulfonamides is 1. The highest BCUT2D eigenvalue weighted by Gasteiger charge is 2.34. The highest BCUT2D eigenvalue weighted by atomic mass is 32.2. The summed E-state index contributed by atoms with van der Waals surface area (Å²) < 4.78 is 29.1. The van der Waals surface area contributed by atoms with E-state index in [9.17, 15) is 18.0 Å². The predicted octanol–water partition coefficient (Wildman–Crippen LogP) is 5.60. The van der Waals surface area contributed by atoms with E-state index in [1.54, 1.807) is 54.6 Å². The van der Waals surface area contributed by atoms with Crippen LogP contribution in [0.4, 0.5) is 5.69 Å². The van der Waals surface area contributed by atoms with Gasteiger partial charge < -0.3 is 10.2 Å². The number of nitrogens with one attached hydrogen (secondary N) is 1. The van der Waals surface area contributed by atoms with Gasteiger partial charge in [0.15, 0.2) is 0 Å². The maximum Gasteiger partial charge on any atom is 0.264 e. The zero-order valence-corrected chi connectivity index (χ0v) is 25.7. The van der Waals surface area contributed by atoms with Crippen LogP contribution < -0.4 is 9.62 Å². The molecule has 0 heterocycles. The maximum atomic E-state index is 14.4. The lowest BCUT2D eigenvalue weighted by Gasteiger charge is -2.34. The molecule has 0 fully saturated rings. The summed E-state index contributed by atoms with van der Waals surface area (Å²) in [6.45, 7) is 6.01. The number of carbonyl (C=O) groups excluding carboxylic acids is 2. The molecule has 0 bridgehead atoms. The van der Waals surface area contributed by atoms with Gasteiger partial charge in [0.1, 0.15) is 12.6 Å². The van der Waals surface area contributed by atoms with Crippen LogP contribution in [0.1, 0.15) is 30.5 Å². The van der Waals surface area contributed by atoms with Gasteiger partial charge in [-0.2, -0.15) is 0 Å². The second-order valence-electron chi connectivity index (χ2n) is 11.0. The maximum absolute atomic E-state index is 14.4. The Balaban J connectivity index is 1.76. The molecule has 0 saturated heterocycles. The van der Waals surface area contributed by atoms with Gasteiger partial charge in [-0.15, -0.1) is 0 Å². The average molecular weight is 598 g/mol. The van der Waals surface area contributed by atoms with Gasteiger partial charge in [-0.05, 0) is 48.2 Å². The summed E-state index contributed by atoms with van der Waals surface area (Å²) >= 11 is 0. The zero-order valence-electron chi connectivity index (χ0n) is 24.9. The van der Waals surface area contributed by atoms with Gasteiger partial charge in [-0.1, -0.05) is 110 Å². The minimum atomic E-state index is -4.11. The smallest absolute Gasteiger partial charge is 0.264 e. The van der Waals surface area contributed by atoms with Crippen molar-refractivity contribution in [2.75, 3.05) is 17.4 Å². The molecule has 1 N–H and O–H groups in total. The van der Waals surface area contributed by atoms with Gasteiger partial charge in [0.2, 0.25) is 11.8 Å². The monoisotopic (exact) mass is 597 g/mol. The molecule has 0 saturated carbocycles. The Morgan fingerprint density at radius 3 is 1.84 bits per heavy atom. The molecule has 2 amide bonds. The van der Waals surface area contributed by atoms with E-state index in [2.05, 4.69) is 5.32 Å². The molecule has 224 valence electrons. The number of hydrogen-bond acceptors (Lipinski definition) is 4. The van der Waals surface area contributed by atoms with Crippen molar-refractivity contribution in [3.8, 4) is 0 Å². The summed E-state index contributed by atoms with van der Waals surface area (Å²) in [5.41, 5.74) is 3.01. The minimum Gasteiger partial charge on any atom is -0.354 e.